The summed E-state index contributed by atoms with van der Waals surface area (Å²) in [6.45, 7) is 4.88. The number of unbranched alkanes of at least 4 members (excludes halogenated alkanes) is 1. The number of carbonyl (C=O) groups is 1. The number of nitrogens with one attached hydrogen (secondary N) is 2. The van der Waals surface area contributed by atoms with E-state index >= 15 is 0 Å². The van der Waals surface area contributed by atoms with Crippen molar-refractivity contribution in [2.45, 2.75) is 39.5 Å². The van der Waals surface area contributed by atoms with Crippen LogP contribution in [0, 0.1) is 18.3 Å². The van der Waals surface area contributed by atoms with Crippen LogP contribution in [0.15, 0.2) is 60.3 Å². The fraction of sp³-hybridized carbons (Fsp3) is 0.304. The Balaban J connectivity index is 1.84. The molecule has 2 rings (SSSR count). The van der Waals surface area contributed by atoms with Gasteiger partial charge in [0, 0.05) is 18.4 Å². The van der Waals surface area contributed by atoms with Gasteiger partial charge in [-0.05, 0) is 49.4 Å². The summed E-state index contributed by atoms with van der Waals surface area (Å²) in [7, 11) is 0. The molecule has 0 atom stereocenters. The lowest BCUT2D eigenvalue weighted by atomic mass is 10.1. The molecule has 0 saturated heterocycles. The highest BCUT2D eigenvalue weighted by molar-refractivity contribution is 6.06. The van der Waals surface area contributed by atoms with E-state index in [-0.39, 0.29) is 5.57 Å². The summed E-state index contributed by atoms with van der Waals surface area (Å²) in [5.41, 5.74) is 4.46. The molecule has 0 unspecified atom stereocenters. The van der Waals surface area contributed by atoms with E-state index in [1.54, 1.807) is 0 Å². The maximum absolute atomic E-state index is 12.3. The number of rotatable bonds is 9. The molecule has 0 heterocycles. The zero-order chi connectivity index (χ0) is 19.5. The van der Waals surface area contributed by atoms with Crippen molar-refractivity contribution >= 4 is 11.6 Å². The molecule has 4 nitrogen and oxygen atoms in total. The number of nitriles is 1. The SMILES string of the molecule is CCCCc1ccc(NC(=O)/C(C#N)=C\NCCc2ccc(C)cc2)cc1. The van der Waals surface area contributed by atoms with Gasteiger partial charge < -0.3 is 10.6 Å². The summed E-state index contributed by atoms with van der Waals surface area (Å²) in [6.07, 6.45) is 5.67. The highest BCUT2D eigenvalue weighted by atomic mass is 16.1. The van der Waals surface area contributed by atoms with Crippen molar-refractivity contribution < 1.29 is 4.79 Å². The van der Waals surface area contributed by atoms with Gasteiger partial charge in [0.25, 0.3) is 5.91 Å². The number of aryl methyl sites for hydroxylation is 2. The molecule has 0 radical (unpaired) electrons. The summed E-state index contributed by atoms with van der Waals surface area (Å²) < 4.78 is 0. The van der Waals surface area contributed by atoms with Gasteiger partial charge >= 0.3 is 0 Å². The maximum Gasteiger partial charge on any atom is 0.267 e. The molecule has 1 amide bonds. The van der Waals surface area contributed by atoms with Gasteiger partial charge in [-0.25, -0.2) is 0 Å². The van der Waals surface area contributed by atoms with Crippen LogP contribution in [0.3, 0.4) is 0 Å². The van der Waals surface area contributed by atoms with Gasteiger partial charge in [0.05, 0.1) is 0 Å². The predicted octanol–water partition coefficient (Wildman–Crippen LogP) is 4.52. The molecule has 0 saturated carbocycles. The number of amides is 1. The molecule has 0 aliphatic heterocycles. The van der Waals surface area contributed by atoms with Crippen LogP contribution in [-0.2, 0) is 17.6 Å². The number of nitrogens with zero attached hydrogens (tertiary/aromatic N) is 1. The lowest BCUT2D eigenvalue weighted by molar-refractivity contribution is -0.112. The van der Waals surface area contributed by atoms with Crippen LogP contribution in [0.5, 0.6) is 0 Å². The third kappa shape index (κ3) is 6.99. The molecule has 0 aliphatic carbocycles. The van der Waals surface area contributed by atoms with Crippen molar-refractivity contribution in [1.82, 2.24) is 5.32 Å². The molecule has 2 aromatic rings. The van der Waals surface area contributed by atoms with Crippen LogP contribution < -0.4 is 10.6 Å². The zero-order valence-corrected chi connectivity index (χ0v) is 16.1. The Morgan fingerprint density at radius 1 is 1.04 bits per heavy atom. The van der Waals surface area contributed by atoms with Gasteiger partial charge in [0.1, 0.15) is 11.6 Å². The molecule has 4 heteroatoms. The second kappa shape index (κ2) is 10.8. The summed E-state index contributed by atoms with van der Waals surface area (Å²) in [6, 6.07) is 18.1. The van der Waals surface area contributed by atoms with Crippen LogP contribution in [0.2, 0.25) is 0 Å². The van der Waals surface area contributed by atoms with Crippen LogP contribution in [0.1, 0.15) is 36.5 Å². The van der Waals surface area contributed by atoms with Gasteiger partial charge in [-0.2, -0.15) is 5.26 Å². The number of anilines is 1. The molecule has 0 spiro atoms. The molecule has 2 aromatic carbocycles. The number of carbonyl (C=O) groups excluding carboxylic acids is 1. The smallest absolute Gasteiger partial charge is 0.267 e. The molecule has 0 aromatic heterocycles. The highest BCUT2D eigenvalue weighted by Gasteiger charge is 2.09. The highest BCUT2D eigenvalue weighted by Crippen LogP contribution is 2.12. The Morgan fingerprint density at radius 3 is 2.30 bits per heavy atom. The lowest BCUT2D eigenvalue weighted by Crippen LogP contribution is -2.18. The Kier molecular flexibility index (Phi) is 8.12. The number of benzene rings is 2. The summed E-state index contributed by atoms with van der Waals surface area (Å²) in [5.74, 6) is -0.401. The topological polar surface area (TPSA) is 64.9 Å². The van der Waals surface area contributed by atoms with Crippen molar-refractivity contribution in [2.75, 3.05) is 11.9 Å². The summed E-state index contributed by atoms with van der Waals surface area (Å²) in [5, 5.41) is 15.1. The van der Waals surface area contributed by atoms with Gasteiger partial charge in [-0.1, -0.05) is 55.3 Å². The minimum Gasteiger partial charge on any atom is -0.389 e. The minimum absolute atomic E-state index is 0.0639. The van der Waals surface area contributed by atoms with Crippen molar-refractivity contribution in [1.29, 1.82) is 5.26 Å². The standard InChI is InChI=1S/C23H27N3O/c1-3-4-5-19-10-12-22(13-11-19)26-23(27)21(16-24)17-25-15-14-20-8-6-18(2)7-9-20/h6-13,17,25H,3-5,14-15H2,1-2H3,(H,26,27)/b21-17-. The third-order valence-corrected chi connectivity index (χ3v) is 4.32. The average Bonchev–Trinajstić information content (AvgIpc) is 2.69. The van der Waals surface area contributed by atoms with E-state index in [2.05, 4.69) is 48.7 Å². The zero-order valence-electron chi connectivity index (χ0n) is 16.1. The van der Waals surface area contributed by atoms with E-state index in [9.17, 15) is 10.1 Å². The van der Waals surface area contributed by atoms with Crippen molar-refractivity contribution in [3.8, 4) is 6.07 Å². The first kappa shape index (κ1) is 20.3. The van der Waals surface area contributed by atoms with Crippen LogP contribution >= 0.6 is 0 Å². The Morgan fingerprint density at radius 2 is 1.67 bits per heavy atom. The number of hydrogen-bond acceptors (Lipinski definition) is 3. The molecule has 0 fully saturated rings. The fourth-order valence-corrected chi connectivity index (χ4v) is 2.63. The Labute approximate surface area is 161 Å². The monoisotopic (exact) mass is 361 g/mol. The molecular formula is C23H27N3O. The Bertz CT molecular complexity index is 799. The second-order valence-electron chi connectivity index (χ2n) is 6.61. The van der Waals surface area contributed by atoms with Crippen molar-refractivity contribution in [3.05, 3.63) is 77.0 Å². The van der Waals surface area contributed by atoms with Crippen molar-refractivity contribution in [3.63, 3.8) is 0 Å². The fourth-order valence-electron chi connectivity index (χ4n) is 2.63. The normalized spacial score (nSPS) is 10.9. The van der Waals surface area contributed by atoms with Gasteiger partial charge in [0.15, 0.2) is 0 Å². The molecule has 0 aliphatic rings. The van der Waals surface area contributed by atoms with Gasteiger partial charge in [0.2, 0.25) is 0 Å². The molecular weight excluding hydrogens is 334 g/mol. The van der Waals surface area contributed by atoms with E-state index in [1.807, 2.05) is 30.3 Å². The largest absolute Gasteiger partial charge is 0.389 e. The van der Waals surface area contributed by atoms with E-state index in [0.717, 1.165) is 25.7 Å². The first-order valence-electron chi connectivity index (χ1n) is 9.42. The Hall–Kier alpha value is -3.06. The van der Waals surface area contributed by atoms with E-state index in [4.69, 9.17) is 0 Å². The van der Waals surface area contributed by atoms with Crippen LogP contribution in [0.4, 0.5) is 5.69 Å². The maximum atomic E-state index is 12.3. The molecule has 2 N–H and O–H groups in total. The minimum atomic E-state index is -0.401. The van der Waals surface area contributed by atoms with E-state index < -0.39 is 5.91 Å². The molecule has 0 bridgehead atoms. The van der Waals surface area contributed by atoms with Crippen LogP contribution in [0.25, 0.3) is 0 Å². The first-order chi connectivity index (χ1) is 13.1. The predicted molar refractivity (Wildman–Crippen MR) is 110 cm³/mol. The first-order valence-corrected chi connectivity index (χ1v) is 9.42. The quantitative estimate of drug-likeness (QED) is 0.392. The average molecular weight is 361 g/mol. The molecule has 140 valence electrons. The van der Waals surface area contributed by atoms with Gasteiger partial charge in [-0.15, -0.1) is 0 Å². The second-order valence-corrected chi connectivity index (χ2v) is 6.61. The molecule has 27 heavy (non-hydrogen) atoms. The van der Waals surface area contributed by atoms with Crippen LogP contribution in [-0.4, -0.2) is 12.5 Å². The number of hydrogen-bond donors (Lipinski definition) is 2. The van der Waals surface area contributed by atoms with E-state index in [1.165, 1.54) is 22.9 Å². The summed E-state index contributed by atoms with van der Waals surface area (Å²) in [4.78, 5) is 12.3. The summed E-state index contributed by atoms with van der Waals surface area (Å²) >= 11 is 0. The van der Waals surface area contributed by atoms with Gasteiger partial charge in [-0.3, -0.25) is 4.79 Å². The van der Waals surface area contributed by atoms with E-state index in [0.29, 0.717) is 12.2 Å². The third-order valence-electron chi connectivity index (χ3n) is 4.32. The van der Waals surface area contributed by atoms with Crippen molar-refractivity contribution in [2.24, 2.45) is 0 Å². The lowest BCUT2D eigenvalue weighted by Gasteiger charge is -2.07.